The average molecular weight is 349 g/mol. The Bertz CT molecular complexity index is 589. The van der Waals surface area contributed by atoms with E-state index in [2.05, 4.69) is 59.1 Å². The van der Waals surface area contributed by atoms with E-state index in [9.17, 15) is 0 Å². The van der Waals surface area contributed by atoms with Crippen LogP contribution in [0.3, 0.4) is 0 Å². The summed E-state index contributed by atoms with van der Waals surface area (Å²) < 4.78 is 2.00. The third-order valence-electron chi connectivity index (χ3n) is 3.77. The van der Waals surface area contributed by atoms with Gasteiger partial charge in [0.1, 0.15) is 12.7 Å². The second-order valence-corrected chi connectivity index (χ2v) is 7.34. The van der Waals surface area contributed by atoms with Crippen LogP contribution in [0.15, 0.2) is 35.2 Å². The van der Waals surface area contributed by atoms with Crippen LogP contribution in [0.2, 0.25) is 0 Å². The fourth-order valence-electron chi connectivity index (χ4n) is 2.32. The van der Waals surface area contributed by atoms with E-state index in [1.807, 2.05) is 4.57 Å². The Morgan fingerprint density at radius 3 is 2.71 bits per heavy atom. The number of thiophene rings is 1. The lowest BCUT2D eigenvalue weighted by Crippen LogP contribution is -2.39. The summed E-state index contributed by atoms with van der Waals surface area (Å²) in [5.41, 5.74) is 0.0605. The molecule has 132 valence electrons. The van der Waals surface area contributed by atoms with E-state index in [4.69, 9.17) is 4.99 Å². The van der Waals surface area contributed by atoms with Crippen molar-refractivity contribution in [3.63, 3.8) is 0 Å². The van der Waals surface area contributed by atoms with E-state index < -0.39 is 0 Å². The molecule has 2 heterocycles. The summed E-state index contributed by atoms with van der Waals surface area (Å²) in [7, 11) is 0. The van der Waals surface area contributed by atoms with Gasteiger partial charge in [0, 0.05) is 29.9 Å². The number of hydrogen-bond acceptors (Lipinski definition) is 4. The monoisotopic (exact) mass is 348 g/mol. The van der Waals surface area contributed by atoms with Crippen LogP contribution in [0.1, 0.15) is 38.5 Å². The average Bonchev–Trinajstić information content (AvgIpc) is 3.25. The zero-order valence-corrected chi connectivity index (χ0v) is 15.6. The van der Waals surface area contributed by atoms with Crippen molar-refractivity contribution in [1.82, 2.24) is 25.4 Å². The van der Waals surface area contributed by atoms with Crippen LogP contribution in [0.25, 0.3) is 0 Å². The molecule has 0 unspecified atom stereocenters. The van der Waals surface area contributed by atoms with Gasteiger partial charge in [0.25, 0.3) is 0 Å². The Morgan fingerprint density at radius 1 is 1.25 bits per heavy atom. The number of nitrogens with one attached hydrogen (secondary N) is 2. The highest BCUT2D eigenvalue weighted by molar-refractivity contribution is 7.10. The second kappa shape index (κ2) is 9.42. The lowest BCUT2D eigenvalue weighted by molar-refractivity contribution is 0.547. The lowest BCUT2D eigenvalue weighted by Gasteiger charge is -2.21. The van der Waals surface area contributed by atoms with Crippen LogP contribution in [-0.2, 0) is 12.0 Å². The van der Waals surface area contributed by atoms with Gasteiger partial charge in [-0.15, -0.1) is 21.5 Å². The van der Waals surface area contributed by atoms with Gasteiger partial charge in [0.05, 0.1) is 6.54 Å². The normalized spacial score (nSPS) is 12.4. The van der Waals surface area contributed by atoms with E-state index in [0.717, 1.165) is 45.0 Å². The maximum atomic E-state index is 4.76. The molecule has 0 radical (unpaired) electrons. The van der Waals surface area contributed by atoms with Crippen molar-refractivity contribution in [3.8, 4) is 0 Å². The van der Waals surface area contributed by atoms with Crippen molar-refractivity contribution >= 4 is 17.3 Å². The molecule has 0 spiro atoms. The van der Waals surface area contributed by atoms with Crippen LogP contribution in [0, 0.1) is 0 Å². The summed E-state index contributed by atoms with van der Waals surface area (Å²) in [6, 6.07) is 4.29. The van der Waals surface area contributed by atoms with Crippen LogP contribution in [-0.4, -0.2) is 40.4 Å². The van der Waals surface area contributed by atoms with Gasteiger partial charge in [-0.25, -0.2) is 0 Å². The molecule has 2 rings (SSSR count). The zero-order chi connectivity index (χ0) is 17.3. The molecule has 7 heteroatoms. The van der Waals surface area contributed by atoms with Crippen molar-refractivity contribution in [3.05, 3.63) is 35.0 Å². The Morgan fingerprint density at radius 2 is 2.04 bits per heavy atom. The maximum absolute atomic E-state index is 4.76. The highest BCUT2D eigenvalue weighted by Gasteiger charge is 2.21. The molecule has 0 saturated heterocycles. The predicted octanol–water partition coefficient (Wildman–Crippen LogP) is 2.65. The summed E-state index contributed by atoms with van der Waals surface area (Å²) in [5.74, 6) is 0.895. The molecule has 2 aromatic heterocycles. The Balaban J connectivity index is 1.75. The third kappa shape index (κ3) is 5.96. The first-order valence-electron chi connectivity index (χ1n) is 8.50. The molecule has 24 heavy (non-hydrogen) atoms. The minimum Gasteiger partial charge on any atom is -0.357 e. The standard InChI is InChI=1S/C17H28N6S/c1-4-18-16(19-9-5-6-10-23-13-21-22-14-23)20-12-17(2,3)15-8-7-11-24-15/h7-8,11,13-14H,4-6,9-10,12H2,1-3H3,(H2,18,19,20). The minimum atomic E-state index is 0.0605. The molecule has 0 amide bonds. The molecule has 6 nitrogen and oxygen atoms in total. The first kappa shape index (κ1) is 18.4. The van der Waals surface area contributed by atoms with Crippen molar-refractivity contribution in [1.29, 1.82) is 0 Å². The fraction of sp³-hybridized carbons (Fsp3) is 0.588. The van der Waals surface area contributed by atoms with E-state index in [0.29, 0.717) is 0 Å². The summed E-state index contributed by atoms with van der Waals surface area (Å²) in [6.45, 7) is 10.1. The maximum Gasteiger partial charge on any atom is 0.191 e. The van der Waals surface area contributed by atoms with Crippen LogP contribution in [0.5, 0.6) is 0 Å². The number of guanidine groups is 1. The lowest BCUT2D eigenvalue weighted by atomic mass is 9.92. The topological polar surface area (TPSA) is 67.1 Å². The van der Waals surface area contributed by atoms with Gasteiger partial charge in [-0.1, -0.05) is 19.9 Å². The third-order valence-corrected chi connectivity index (χ3v) is 5.00. The van der Waals surface area contributed by atoms with Gasteiger partial charge in [-0.05, 0) is 31.2 Å². The molecule has 0 bridgehead atoms. The molecule has 0 fully saturated rings. The van der Waals surface area contributed by atoms with Crippen LogP contribution >= 0.6 is 11.3 Å². The van der Waals surface area contributed by atoms with E-state index >= 15 is 0 Å². The van der Waals surface area contributed by atoms with E-state index in [1.54, 1.807) is 24.0 Å². The molecular weight excluding hydrogens is 320 g/mol. The highest BCUT2D eigenvalue weighted by Crippen LogP contribution is 2.27. The summed E-state index contributed by atoms with van der Waals surface area (Å²) >= 11 is 1.80. The van der Waals surface area contributed by atoms with Crippen molar-refractivity contribution in [2.75, 3.05) is 19.6 Å². The number of aryl methyl sites for hydroxylation is 1. The van der Waals surface area contributed by atoms with Crippen molar-refractivity contribution in [2.45, 2.75) is 45.6 Å². The molecule has 2 N–H and O–H groups in total. The molecule has 0 aromatic carbocycles. The number of unbranched alkanes of at least 4 members (excludes halogenated alkanes) is 1. The largest absolute Gasteiger partial charge is 0.357 e. The van der Waals surface area contributed by atoms with Gasteiger partial charge in [-0.3, -0.25) is 4.99 Å². The highest BCUT2D eigenvalue weighted by atomic mass is 32.1. The number of hydrogen-bond donors (Lipinski definition) is 2. The molecule has 0 saturated carbocycles. The number of aliphatic imine (C=N–C) groups is 1. The predicted molar refractivity (Wildman–Crippen MR) is 101 cm³/mol. The fourth-order valence-corrected chi connectivity index (χ4v) is 3.17. The molecular formula is C17H28N6S. The summed E-state index contributed by atoms with van der Waals surface area (Å²) in [6.07, 6.45) is 5.68. The first-order valence-corrected chi connectivity index (χ1v) is 9.38. The zero-order valence-electron chi connectivity index (χ0n) is 14.8. The van der Waals surface area contributed by atoms with Crippen LogP contribution < -0.4 is 10.6 Å². The summed E-state index contributed by atoms with van der Waals surface area (Å²) in [5, 5.41) is 16.5. The minimum absolute atomic E-state index is 0.0605. The van der Waals surface area contributed by atoms with Crippen molar-refractivity contribution in [2.24, 2.45) is 4.99 Å². The van der Waals surface area contributed by atoms with E-state index in [-0.39, 0.29) is 5.41 Å². The van der Waals surface area contributed by atoms with Crippen molar-refractivity contribution < 1.29 is 0 Å². The molecule has 0 aliphatic carbocycles. The Hall–Kier alpha value is -1.89. The molecule has 2 aromatic rings. The molecule has 0 atom stereocenters. The molecule has 0 aliphatic heterocycles. The summed E-state index contributed by atoms with van der Waals surface area (Å²) in [4.78, 5) is 6.14. The smallest absolute Gasteiger partial charge is 0.191 e. The first-order chi connectivity index (χ1) is 11.6. The van der Waals surface area contributed by atoms with Gasteiger partial charge in [-0.2, -0.15) is 0 Å². The number of aromatic nitrogens is 3. The SMILES string of the molecule is CCNC(=NCC(C)(C)c1cccs1)NCCCCn1cnnc1. The Labute approximate surface area is 148 Å². The number of nitrogens with zero attached hydrogens (tertiary/aromatic N) is 4. The molecule has 0 aliphatic rings. The van der Waals surface area contributed by atoms with Crippen LogP contribution in [0.4, 0.5) is 0 Å². The van der Waals surface area contributed by atoms with Gasteiger partial charge in [0.2, 0.25) is 0 Å². The van der Waals surface area contributed by atoms with E-state index in [1.165, 1.54) is 4.88 Å². The number of rotatable bonds is 9. The quantitative estimate of drug-likeness (QED) is 0.415. The van der Waals surface area contributed by atoms with Gasteiger partial charge < -0.3 is 15.2 Å². The second-order valence-electron chi connectivity index (χ2n) is 6.39. The van der Waals surface area contributed by atoms with Gasteiger partial charge >= 0.3 is 0 Å². The Kier molecular flexibility index (Phi) is 7.24. The van der Waals surface area contributed by atoms with Gasteiger partial charge in [0.15, 0.2) is 5.96 Å².